The highest BCUT2D eigenvalue weighted by molar-refractivity contribution is 8.00. The molecule has 0 aliphatic heterocycles. The molecule has 0 radical (unpaired) electrons. The number of thioether (sulfide) groups is 1. The van der Waals surface area contributed by atoms with Gasteiger partial charge in [0, 0.05) is 9.92 Å². The average Bonchev–Trinajstić information content (AvgIpc) is 2.60. The molecule has 0 saturated heterocycles. The van der Waals surface area contributed by atoms with Gasteiger partial charge in [0.1, 0.15) is 5.75 Å². The molecule has 2 aromatic rings. The Morgan fingerprint density at radius 1 is 1.12 bits per heavy atom. The first-order valence-corrected chi connectivity index (χ1v) is 8.96. The summed E-state index contributed by atoms with van der Waals surface area (Å²) in [6, 6.07) is 10.2. The minimum atomic E-state index is -0.459. The Hall–Kier alpha value is -1.89. The second-order valence-electron chi connectivity index (χ2n) is 5.07. The second kappa shape index (κ2) is 8.99. The molecule has 0 bridgehead atoms. The van der Waals surface area contributed by atoms with Crippen molar-refractivity contribution >= 4 is 46.8 Å². The van der Waals surface area contributed by atoms with Gasteiger partial charge in [-0.05, 0) is 37.3 Å². The van der Waals surface area contributed by atoms with Crippen molar-refractivity contribution in [1.82, 2.24) is 10.9 Å². The molecule has 0 aliphatic rings. The number of carbonyl (C=O) groups is 2. The number of benzene rings is 2. The van der Waals surface area contributed by atoms with Crippen LogP contribution in [0.1, 0.15) is 15.9 Å². The standard InChI is InChI=1S/C17H16Cl2N2O3S/c1-10-3-6-14(24-2)12(7-10)17(23)21-20-16(22)9-25-15-8-11(18)4-5-13(15)19/h3-8H,9H2,1-2H3,(H,20,22)(H,21,23). The number of hydrazine groups is 1. The summed E-state index contributed by atoms with van der Waals surface area (Å²) in [5.41, 5.74) is 5.98. The zero-order valence-corrected chi connectivity index (χ0v) is 15.9. The Kier molecular flexibility index (Phi) is 6.99. The lowest BCUT2D eigenvalue weighted by atomic mass is 10.1. The summed E-state index contributed by atoms with van der Waals surface area (Å²) in [5.74, 6) is -0.330. The van der Waals surface area contributed by atoms with Gasteiger partial charge in [-0.2, -0.15) is 0 Å². The van der Waals surface area contributed by atoms with Gasteiger partial charge in [-0.15, -0.1) is 11.8 Å². The number of aryl methyl sites for hydroxylation is 1. The van der Waals surface area contributed by atoms with Crippen LogP contribution in [0.25, 0.3) is 0 Å². The number of hydrogen-bond donors (Lipinski definition) is 2. The highest BCUT2D eigenvalue weighted by Crippen LogP contribution is 2.29. The van der Waals surface area contributed by atoms with Gasteiger partial charge in [0.25, 0.3) is 5.91 Å². The van der Waals surface area contributed by atoms with Gasteiger partial charge in [0.05, 0.1) is 23.4 Å². The number of hydrogen-bond acceptors (Lipinski definition) is 4. The van der Waals surface area contributed by atoms with Crippen LogP contribution in [0, 0.1) is 6.92 Å². The van der Waals surface area contributed by atoms with Crippen molar-refractivity contribution in [2.75, 3.05) is 12.9 Å². The number of rotatable bonds is 5. The van der Waals surface area contributed by atoms with Crippen molar-refractivity contribution in [3.8, 4) is 5.75 Å². The van der Waals surface area contributed by atoms with Crippen LogP contribution in [0.3, 0.4) is 0 Å². The third kappa shape index (κ3) is 5.56. The van der Waals surface area contributed by atoms with Crippen LogP contribution in [0.4, 0.5) is 0 Å². The summed E-state index contributed by atoms with van der Waals surface area (Å²) in [6.45, 7) is 1.86. The van der Waals surface area contributed by atoms with Crippen molar-refractivity contribution in [3.63, 3.8) is 0 Å². The van der Waals surface area contributed by atoms with Crippen LogP contribution in [0.15, 0.2) is 41.3 Å². The Bertz CT molecular complexity index is 799. The Morgan fingerprint density at radius 2 is 1.88 bits per heavy atom. The minimum Gasteiger partial charge on any atom is -0.496 e. The van der Waals surface area contributed by atoms with Crippen LogP contribution in [0.5, 0.6) is 5.75 Å². The fourth-order valence-corrected chi connectivity index (χ4v) is 3.25. The van der Waals surface area contributed by atoms with Crippen molar-refractivity contribution < 1.29 is 14.3 Å². The second-order valence-corrected chi connectivity index (χ2v) is 6.93. The molecule has 8 heteroatoms. The van der Waals surface area contributed by atoms with Gasteiger partial charge < -0.3 is 4.74 Å². The van der Waals surface area contributed by atoms with Gasteiger partial charge in [-0.25, -0.2) is 0 Å². The normalized spacial score (nSPS) is 10.2. The van der Waals surface area contributed by atoms with E-state index < -0.39 is 5.91 Å². The third-order valence-electron chi connectivity index (χ3n) is 3.17. The highest BCUT2D eigenvalue weighted by atomic mass is 35.5. The molecule has 2 aromatic carbocycles. The lowest BCUT2D eigenvalue weighted by molar-refractivity contribution is -0.119. The summed E-state index contributed by atoms with van der Waals surface area (Å²) >= 11 is 13.2. The quantitative estimate of drug-likeness (QED) is 0.592. The molecule has 5 nitrogen and oxygen atoms in total. The zero-order chi connectivity index (χ0) is 18.4. The molecule has 0 spiro atoms. The molecule has 132 valence electrons. The molecular formula is C17H16Cl2N2O3S. The summed E-state index contributed by atoms with van der Waals surface area (Å²) in [4.78, 5) is 24.8. The van der Waals surface area contributed by atoms with Gasteiger partial charge in [0.15, 0.2) is 0 Å². The summed E-state index contributed by atoms with van der Waals surface area (Å²) in [6.07, 6.45) is 0. The first-order valence-electron chi connectivity index (χ1n) is 7.22. The Morgan fingerprint density at radius 3 is 2.60 bits per heavy atom. The molecule has 0 unspecified atom stereocenters. The van der Waals surface area contributed by atoms with Gasteiger partial charge in [-0.1, -0.05) is 34.8 Å². The third-order valence-corrected chi connectivity index (χ3v) is 4.90. The van der Waals surface area contributed by atoms with E-state index in [1.165, 1.54) is 18.9 Å². The van der Waals surface area contributed by atoms with Crippen molar-refractivity contribution in [1.29, 1.82) is 0 Å². The summed E-state index contributed by atoms with van der Waals surface area (Å²) < 4.78 is 5.15. The molecule has 2 amide bonds. The van der Waals surface area contributed by atoms with Crippen LogP contribution in [-0.4, -0.2) is 24.7 Å². The van der Waals surface area contributed by atoms with E-state index in [1.54, 1.807) is 30.3 Å². The lowest BCUT2D eigenvalue weighted by Gasteiger charge is -2.11. The Balaban J connectivity index is 1.90. The molecule has 2 N–H and O–H groups in total. The molecule has 0 aromatic heterocycles. The smallest absolute Gasteiger partial charge is 0.273 e. The van der Waals surface area contributed by atoms with Crippen LogP contribution >= 0.6 is 35.0 Å². The highest BCUT2D eigenvalue weighted by Gasteiger charge is 2.13. The SMILES string of the molecule is COc1ccc(C)cc1C(=O)NNC(=O)CSc1cc(Cl)ccc1Cl. The molecule has 0 saturated carbocycles. The van der Waals surface area contributed by atoms with E-state index in [0.29, 0.717) is 26.3 Å². The number of methoxy groups -OCH3 is 1. The van der Waals surface area contributed by atoms with E-state index in [4.69, 9.17) is 27.9 Å². The summed E-state index contributed by atoms with van der Waals surface area (Å²) in [7, 11) is 1.48. The van der Waals surface area contributed by atoms with E-state index in [9.17, 15) is 9.59 Å². The van der Waals surface area contributed by atoms with Crippen LogP contribution in [0.2, 0.25) is 10.0 Å². The number of carbonyl (C=O) groups excluding carboxylic acids is 2. The average molecular weight is 399 g/mol. The number of amides is 2. The molecule has 0 heterocycles. The molecule has 0 atom stereocenters. The van der Waals surface area contributed by atoms with E-state index >= 15 is 0 Å². The van der Waals surface area contributed by atoms with Crippen LogP contribution < -0.4 is 15.6 Å². The summed E-state index contributed by atoms with van der Waals surface area (Å²) in [5, 5.41) is 1.04. The maximum absolute atomic E-state index is 12.2. The topological polar surface area (TPSA) is 67.4 Å². The fraction of sp³-hybridized carbons (Fsp3) is 0.176. The van der Waals surface area contributed by atoms with E-state index in [2.05, 4.69) is 10.9 Å². The van der Waals surface area contributed by atoms with E-state index in [0.717, 1.165) is 5.56 Å². The monoisotopic (exact) mass is 398 g/mol. The fourth-order valence-electron chi connectivity index (χ4n) is 1.96. The van der Waals surface area contributed by atoms with E-state index in [1.807, 2.05) is 13.0 Å². The maximum Gasteiger partial charge on any atom is 0.273 e. The first-order chi connectivity index (χ1) is 11.9. The molecular weight excluding hydrogens is 383 g/mol. The van der Waals surface area contributed by atoms with Gasteiger partial charge in [-0.3, -0.25) is 20.4 Å². The molecule has 2 rings (SSSR count). The van der Waals surface area contributed by atoms with E-state index in [-0.39, 0.29) is 11.7 Å². The van der Waals surface area contributed by atoms with Crippen molar-refractivity contribution in [2.24, 2.45) is 0 Å². The van der Waals surface area contributed by atoms with Gasteiger partial charge >= 0.3 is 0 Å². The minimum absolute atomic E-state index is 0.0747. The predicted octanol–water partition coefficient (Wildman–Crippen LogP) is 3.86. The first kappa shape index (κ1) is 19.4. The predicted molar refractivity (Wildman–Crippen MR) is 101 cm³/mol. The van der Waals surface area contributed by atoms with Crippen molar-refractivity contribution in [2.45, 2.75) is 11.8 Å². The maximum atomic E-state index is 12.2. The zero-order valence-electron chi connectivity index (χ0n) is 13.6. The molecule has 0 fully saturated rings. The largest absolute Gasteiger partial charge is 0.496 e. The molecule has 0 aliphatic carbocycles. The number of halogens is 2. The molecule has 25 heavy (non-hydrogen) atoms. The number of ether oxygens (including phenoxy) is 1. The lowest BCUT2D eigenvalue weighted by Crippen LogP contribution is -2.42. The van der Waals surface area contributed by atoms with Crippen molar-refractivity contribution in [3.05, 3.63) is 57.6 Å². The van der Waals surface area contributed by atoms with Gasteiger partial charge in [0.2, 0.25) is 5.91 Å². The number of nitrogens with one attached hydrogen (secondary N) is 2. The van der Waals surface area contributed by atoms with Crippen LogP contribution in [-0.2, 0) is 4.79 Å². The Labute approximate surface area is 160 Å².